The number of thiazole rings is 1. The fraction of sp³-hybridized carbons (Fsp3) is 0.263. The molecule has 0 unspecified atom stereocenters. The van der Waals surface area contributed by atoms with E-state index >= 15 is 0 Å². The van der Waals surface area contributed by atoms with E-state index in [-0.39, 0.29) is 17.6 Å². The summed E-state index contributed by atoms with van der Waals surface area (Å²) in [5, 5.41) is 2.24. The number of aromatic nitrogens is 1. The zero-order chi connectivity index (χ0) is 35.0. The van der Waals surface area contributed by atoms with Gasteiger partial charge in [-0.15, -0.1) is 0 Å². The van der Waals surface area contributed by atoms with Gasteiger partial charge in [-0.05, 0) is 81.8 Å². The highest BCUT2D eigenvalue weighted by molar-refractivity contribution is 7.07. The maximum Gasteiger partial charge on any atom is 0.339 e. The Morgan fingerprint density at radius 1 is 1.08 bits per heavy atom. The van der Waals surface area contributed by atoms with Crippen LogP contribution in [0.15, 0.2) is 92.2 Å². The monoisotopic (exact) mass is 697 g/mol. The first-order chi connectivity index (χ1) is 23.6. The third kappa shape index (κ3) is 6.34. The van der Waals surface area contributed by atoms with Crippen molar-refractivity contribution in [1.82, 2.24) is 9.47 Å². The van der Waals surface area contributed by atoms with Crippen LogP contribution in [0.3, 0.4) is 0 Å². The Morgan fingerprint density at radius 3 is 2.55 bits per heavy atom. The van der Waals surface area contributed by atoms with E-state index in [1.807, 2.05) is 57.2 Å². The first-order valence-electron chi connectivity index (χ1n) is 16.0. The standard InChI is InChI=1S/C38H36ClN3O6S/c1-7-41(8-2)36(44)32-22(5)40-38-42(34(32)33-26-12-10-9-11-23(26)13-17-30(33)46-6)35(43)31(49-38)20-25-15-18-29(48-25)28-19-24(39)14-16-27(28)37(45)47-21(3)4/h9-21,34H,7-8H2,1-6H3/b31-20-/t34-/m1/s1. The molecule has 0 N–H and O–H groups in total. The molecule has 0 bridgehead atoms. The van der Waals surface area contributed by atoms with Gasteiger partial charge in [0.2, 0.25) is 0 Å². The largest absolute Gasteiger partial charge is 0.496 e. The summed E-state index contributed by atoms with van der Waals surface area (Å²) in [5.41, 5.74) is 2.11. The van der Waals surface area contributed by atoms with Crippen molar-refractivity contribution in [3.8, 4) is 17.1 Å². The second kappa shape index (κ2) is 13.9. The van der Waals surface area contributed by atoms with E-state index in [0.717, 1.165) is 10.8 Å². The Bertz CT molecular complexity index is 2310. The lowest BCUT2D eigenvalue weighted by Crippen LogP contribution is -2.43. The number of allylic oxidation sites excluding steroid dienone is 1. The van der Waals surface area contributed by atoms with Crippen LogP contribution in [-0.2, 0) is 9.53 Å². The van der Waals surface area contributed by atoms with Crippen LogP contribution >= 0.6 is 22.9 Å². The van der Waals surface area contributed by atoms with E-state index in [1.165, 1.54) is 11.3 Å². The molecular formula is C38H36ClN3O6S. The Labute approximate surface area is 292 Å². The number of rotatable bonds is 9. The molecule has 1 amide bonds. The number of hydrogen-bond donors (Lipinski definition) is 0. The van der Waals surface area contributed by atoms with E-state index in [2.05, 4.69) is 0 Å². The molecular weight excluding hydrogens is 662 g/mol. The summed E-state index contributed by atoms with van der Waals surface area (Å²) < 4.78 is 19.4. The number of carbonyl (C=O) groups is 2. The van der Waals surface area contributed by atoms with Crippen molar-refractivity contribution in [2.24, 2.45) is 4.99 Å². The molecule has 0 saturated carbocycles. The van der Waals surface area contributed by atoms with Gasteiger partial charge in [0.1, 0.15) is 23.3 Å². The molecule has 0 fully saturated rings. The van der Waals surface area contributed by atoms with E-state index in [9.17, 15) is 14.4 Å². The maximum atomic E-state index is 14.5. The van der Waals surface area contributed by atoms with Crippen molar-refractivity contribution in [2.75, 3.05) is 20.2 Å². The lowest BCUT2D eigenvalue weighted by Gasteiger charge is -2.30. The second-order valence-corrected chi connectivity index (χ2v) is 13.3. The molecule has 0 spiro atoms. The van der Waals surface area contributed by atoms with Gasteiger partial charge in [-0.3, -0.25) is 14.2 Å². The zero-order valence-electron chi connectivity index (χ0n) is 28.1. The summed E-state index contributed by atoms with van der Waals surface area (Å²) in [4.78, 5) is 48.5. The first kappa shape index (κ1) is 34.0. The average Bonchev–Trinajstić information content (AvgIpc) is 3.67. The predicted molar refractivity (Wildman–Crippen MR) is 192 cm³/mol. The molecule has 0 aliphatic carbocycles. The van der Waals surface area contributed by atoms with E-state index < -0.39 is 12.0 Å². The molecule has 49 heavy (non-hydrogen) atoms. The maximum absolute atomic E-state index is 14.5. The number of benzene rings is 3. The van der Waals surface area contributed by atoms with Crippen LogP contribution in [-0.4, -0.2) is 47.6 Å². The third-order valence-corrected chi connectivity index (χ3v) is 9.65. The molecule has 252 valence electrons. The Hall–Kier alpha value is -4.93. The normalized spacial score (nSPS) is 14.6. The van der Waals surface area contributed by atoms with Gasteiger partial charge in [-0.25, -0.2) is 9.79 Å². The lowest BCUT2D eigenvalue weighted by atomic mass is 9.90. The highest BCUT2D eigenvalue weighted by Gasteiger charge is 2.36. The van der Waals surface area contributed by atoms with Crippen molar-refractivity contribution in [3.63, 3.8) is 0 Å². The number of carbonyl (C=O) groups excluding carboxylic acids is 2. The Kier molecular flexibility index (Phi) is 9.63. The minimum Gasteiger partial charge on any atom is -0.496 e. The summed E-state index contributed by atoms with van der Waals surface area (Å²) in [6.45, 7) is 10.2. The molecule has 2 aromatic heterocycles. The topological polar surface area (TPSA) is 103 Å². The molecule has 9 nitrogen and oxygen atoms in total. The van der Waals surface area contributed by atoms with Crippen molar-refractivity contribution < 1.29 is 23.5 Å². The molecule has 0 radical (unpaired) electrons. The number of hydrogen-bond acceptors (Lipinski definition) is 8. The third-order valence-electron chi connectivity index (χ3n) is 8.44. The summed E-state index contributed by atoms with van der Waals surface area (Å²) in [6, 6.07) is 19.2. The molecule has 1 atom stereocenters. The van der Waals surface area contributed by atoms with Crippen LogP contribution in [0.4, 0.5) is 0 Å². The fourth-order valence-electron chi connectivity index (χ4n) is 6.17. The van der Waals surface area contributed by atoms with Crippen molar-refractivity contribution in [3.05, 3.63) is 120 Å². The minimum absolute atomic E-state index is 0.190. The van der Waals surface area contributed by atoms with Gasteiger partial charge < -0.3 is 18.8 Å². The molecule has 6 rings (SSSR count). The number of amides is 1. The predicted octanol–water partition coefficient (Wildman–Crippen LogP) is 6.74. The molecule has 5 aromatic rings. The second-order valence-electron chi connectivity index (χ2n) is 11.8. The van der Waals surface area contributed by atoms with Crippen molar-refractivity contribution >= 4 is 51.7 Å². The number of likely N-dealkylation sites (N-methyl/N-ethyl adjacent to an activating group) is 1. The van der Waals surface area contributed by atoms with Crippen LogP contribution in [0.2, 0.25) is 5.02 Å². The van der Waals surface area contributed by atoms with E-state index in [4.69, 9.17) is 30.5 Å². The summed E-state index contributed by atoms with van der Waals surface area (Å²) in [7, 11) is 1.59. The van der Waals surface area contributed by atoms with Crippen molar-refractivity contribution in [2.45, 2.75) is 46.8 Å². The van der Waals surface area contributed by atoms with Gasteiger partial charge in [0.05, 0.1) is 34.6 Å². The van der Waals surface area contributed by atoms with Gasteiger partial charge in [-0.1, -0.05) is 53.3 Å². The quantitative estimate of drug-likeness (QED) is 0.158. The SMILES string of the molecule is CCN(CC)C(=O)C1=C(C)N=c2s/c(=C\c3ccc(-c4cc(Cl)ccc4C(=O)OC(C)C)o3)c(=O)n2[C@H]1c1c(OC)ccc2ccccc12. The van der Waals surface area contributed by atoms with Crippen LogP contribution < -0.4 is 19.6 Å². The highest BCUT2D eigenvalue weighted by Crippen LogP contribution is 2.40. The molecule has 3 aromatic carbocycles. The Morgan fingerprint density at radius 2 is 1.84 bits per heavy atom. The van der Waals surface area contributed by atoms with Crippen molar-refractivity contribution in [1.29, 1.82) is 0 Å². The van der Waals surface area contributed by atoms with Crippen LogP contribution in [0, 0.1) is 0 Å². The molecule has 1 aliphatic rings. The lowest BCUT2D eigenvalue weighted by molar-refractivity contribution is -0.127. The number of halogens is 1. The molecule has 1 aliphatic heterocycles. The van der Waals surface area contributed by atoms with Crippen LogP contribution in [0.25, 0.3) is 28.2 Å². The first-order valence-corrected chi connectivity index (χ1v) is 17.2. The highest BCUT2D eigenvalue weighted by atomic mass is 35.5. The fourth-order valence-corrected chi connectivity index (χ4v) is 7.36. The van der Waals surface area contributed by atoms with E-state index in [1.54, 1.807) is 66.8 Å². The zero-order valence-corrected chi connectivity index (χ0v) is 29.6. The Balaban J connectivity index is 1.54. The number of esters is 1. The van der Waals surface area contributed by atoms with Gasteiger partial charge >= 0.3 is 5.97 Å². The number of ether oxygens (including phenoxy) is 2. The van der Waals surface area contributed by atoms with Gasteiger partial charge in [-0.2, -0.15) is 0 Å². The minimum atomic E-state index is -0.805. The molecule has 11 heteroatoms. The molecule has 0 saturated heterocycles. The van der Waals surface area contributed by atoms with Crippen LogP contribution in [0.5, 0.6) is 5.75 Å². The summed E-state index contributed by atoms with van der Waals surface area (Å²) >= 11 is 7.51. The van der Waals surface area contributed by atoms with Gasteiger partial charge in [0.25, 0.3) is 11.5 Å². The number of furan rings is 1. The number of fused-ring (bicyclic) bond motifs is 2. The van der Waals surface area contributed by atoms with E-state index in [0.29, 0.717) is 72.7 Å². The van der Waals surface area contributed by atoms with Crippen LogP contribution in [0.1, 0.15) is 62.3 Å². The summed E-state index contributed by atoms with van der Waals surface area (Å²) in [6.07, 6.45) is 1.34. The number of nitrogens with zero attached hydrogens (tertiary/aromatic N) is 3. The average molecular weight is 698 g/mol. The smallest absolute Gasteiger partial charge is 0.339 e. The summed E-state index contributed by atoms with van der Waals surface area (Å²) in [5.74, 6) is 0.643. The van der Waals surface area contributed by atoms with Gasteiger partial charge in [0, 0.05) is 35.3 Å². The number of methoxy groups -OCH3 is 1. The van der Waals surface area contributed by atoms with Gasteiger partial charge in [0.15, 0.2) is 4.80 Å². The molecule has 3 heterocycles.